The van der Waals surface area contributed by atoms with Gasteiger partial charge in [0.15, 0.2) is 0 Å². The number of carbonyl (C=O) groups excluding carboxylic acids is 1. The van der Waals surface area contributed by atoms with Gasteiger partial charge in [0, 0.05) is 23.4 Å². The lowest BCUT2D eigenvalue weighted by atomic mass is 10.1. The Bertz CT molecular complexity index is 835. The molecule has 0 atom stereocenters. The van der Waals surface area contributed by atoms with Crippen LogP contribution in [-0.2, 0) is 0 Å². The molecule has 2 aromatic carbocycles. The van der Waals surface area contributed by atoms with Gasteiger partial charge in [0.1, 0.15) is 0 Å². The molecule has 0 fully saturated rings. The van der Waals surface area contributed by atoms with Crippen molar-refractivity contribution in [3.8, 4) is 0 Å². The molecule has 2 N–H and O–H groups in total. The second kappa shape index (κ2) is 6.73. The van der Waals surface area contributed by atoms with Crippen molar-refractivity contribution < 1.29 is 14.6 Å². The molecule has 0 aromatic heterocycles. The van der Waals surface area contributed by atoms with Crippen molar-refractivity contribution in [3.63, 3.8) is 0 Å². The maximum absolute atomic E-state index is 12.0. The predicted molar refractivity (Wildman–Crippen MR) is 88.3 cm³/mol. The first-order valence-electron chi connectivity index (χ1n) is 6.86. The van der Waals surface area contributed by atoms with Gasteiger partial charge in [-0.15, -0.1) is 0 Å². The van der Waals surface area contributed by atoms with E-state index in [4.69, 9.17) is 0 Å². The summed E-state index contributed by atoms with van der Waals surface area (Å²) in [7, 11) is 0. The molecular formula is C15H14N4O5. The number of urea groups is 1. The number of nitrogens with zero attached hydrogens (tertiary/aromatic N) is 2. The molecule has 0 aliphatic rings. The molecular weight excluding hydrogens is 316 g/mol. The number of anilines is 2. The molecule has 0 bridgehead atoms. The van der Waals surface area contributed by atoms with Crippen LogP contribution in [0.2, 0.25) is 0 Å². The summed E-state index contributed by atoms with van der Waals surface area (Å²) in [5, 5.41) is 26.8. The van der Waals surface area contributed by atoms with Crippen LogP contribution in [0.15, 0.2) is 36.4 Å². The highest BCUT2D eigenvalue weighted by Crippen LogP contribution is 2.26. The van der Waals surface area contributed by atoms with Crippen molar-refractivity contribution in [1.82, 2.24) is 0 Å². The quantitative estimate of drug-likeness (QED) is 0.651. The Labute approximate surface area is 136 Å². The van der Waals surface area contributed by atoms with Crippen LogP contribution in [0.25, 0.3) is 0 Å². The van der Waals surface area contributed by atoms with E-state index in [0.29, 0.717) is 11.1 Å². The Hall–Kier alpha value is -3.49. The number of hydrogen-bond acceptors (Lipinski definition) is 5. The standard InChI is InChI=1S/C15H14N4O5/c1-9-6-7-11(8-14(9)19(23)24)16-15(20)17-12-4-3-5-13(10(12)2)18(21)22/h3-8H,1-2H3,(H2,16,17,20). The molecule has 0 saturated carbocycles. The van der Waals surface area contributed by atoms with E-state index in [1.54, 1.807) is 6.92 Å². The summed E-state index contributed by atoms with van der Waals surface area (Å²) in [5.41, 5.74) is 1.09. The molecule has 0 aliphatic carbocycles. The van der Waals surface area contributed by atoms with Crippen LogP contribution in [0.1, 0.15) is 11.1 Å². The average Bonchev–Trinajstić information content (AvgIpc) is 2.50. The number of benzene rings is 2. The van der Waals surface area contributed by atoms with Gasteiger partial charge < -0.3 is 10.6 Å². The molecule has 0 spiro atoms. The number of nitro benzene ring substituents is 2. The average molecular weight is 330 g/mol. The molecule has 0 aliphatic heterocycles. The fourth-order valence-electron chi connectivity index (χ4n) is 2.13. The highest BCUT2D eigenvalue weighted by atomic mass is 16.6. The topological polar surface area (TPSA) is 127 Å². The fraction of sp³-hybridized carbons (Fsp3) is 0.133. The molecule has 0 radical (unpaired) electrons. The Morgan fingerprint density at radius 3 is 2.25 bits per heavy atom. The van der Waals surface area contributed by atoms with Crippen molar-refractivity contribution in [3.05, 3.63) is 67.8 Å². The largest absolute Gasteiger partial charge is 0.323 e. The summed E-state index contributed by atoms with van der Waals surface area (Å²) < 4.78 is 0. The first kappa shape index (κ1) is 16.9. The van der Waals surface area contributed by atoms with Gasteiger partial charge in [0.25, 0.3) is 11.4 Å². The third-order valence-electron chi connectivity index (χ3n) is 3.41. The van der Waals surface area contributed by atoms with E-state index >= 15 is 0 Å². The van der Waals surface area contributed by atoms with E-state index in [9.17, 15) is 25.0 Å². The minimum atomic E-state index is -0.656. The van der Waals surface area contributed by atoms with Crippen LogP contribution in [0.4, 0.5) is 27.5 Å². The van der Waals surface area contributed by atoms with Gasteiger partial charge in [-0.25, -0.2) is 4.79 Å². The van der Waals surface area contributed by atoms with Gasteiger partial charge in [-0.2, -0.15) is 0 Å². The molecule has 9 heteroatoms. The van der Waals surface area contributed by atoms with E-state index in [1.165, 1.54) is 43.3 Å². The van der Waals surface area contributed by atoms with Gasteiger partial charge in [0.2, 0.25) is 0 Å². The second-order valence-corrected chi connectivity index (χ2v) is 5.04. The van der Waals surface area contributed by atoms with Crippen LogP contribution in [0, 0.1) is 34.1 Å². The summed E-state index contributed by atoms with van der Waals surface area (Å²) in [6, 6.07) is 7.96. The summed E-state index contributed by atoms with van der Waals surface area (Å²) >= 11 is 0. The lowest BCUT2D eigenvalue weighted by molar-refractivity contribution is -0.385. The smallest absolute Gasteiger partial charge is 0.307 e. The zero-order valence-electron chi connectivity index (χ0n) is 12.9. The molecule has 0 heterocycles. The zero-order valence-corrected chi connectivity index (χ0v) is 12.9. The SMILES string of the molecule is Cc1ccc(NC(=O)Nc2cccc([N+](=O)[O-])c2C)cc1[N+](=O)[O-]. The molecule has 2 aromatic rings. The van der Waals surface area contributed by atoms with Gasteiger partial charge in [0.05, 0.1) is 21.1 Å². The molecule has 0 saturated heterocycles. The Morgan fingerprint density at radius 1 is 0.958 bits per heavy atom. The zero-order chi connectivity index (χ0) is 17.9. The summed E-state index contributed by atoms with van der Waals surface area (Å²) in [4.78, 5) is 32.7. The molecule has 0 unspecified atom stereocenters. The maximum atomic E-state index is 12.0. The minimum Gasteiger partial charge on any atom is -0.307 e. The van der Waals surface area contributed by atoms with E-state index < -0.39 is 15.9 Å². The number of nitro groups is 2. The van der Waals surface area contributed by atoms with Crippen molar-refractivity contribution in [2.24, 2.45) is 0 Å². The molecule has 2 rings (SSSR count). The number of hydrogen-bond donors (Lipinski definition) is 2. The Morgan fingerprint density at radius 2 is 1.62 bits per heavy atom. The Balaban J connectivity index is 2.18. The number of amides is 2. The van der Waals surface area contributed by atoms with Crippen molar-refractivity contribution in [1.29, 1.82) is 0 Å². The van der Waals surface area contributed by atoms with Gasteiger partial charge in [-0.3, -0.25) is 20.2 Å². The third-order valence-corrected chi connectivity index (χ3v) is 3.41. The van der Waals surface area contributed by atoms with Crippen LogP contribution >= 0.6 is 0 Å². The van der Waals surface area contributed by atoms with Crippen LogP contribution < -0.4 is 10.6 Å². The second-order valence-electron chi connectivity index (χ2n) is 5.04. The van der Waals surface area contributed by atoms with Crippen LogP contribution in [-0.4, -0.2) is 15.9 Å². The summed E-state index contributed by atoms with van der Waals surface area (Å²) in [6.45, 7) is 3.11. The van der Waals surface area contributed by atoms with Crippen molar-refractivity contribution >= 4 is 28.8 Å². The number of aryl methyl sites for hydroxylation is 1. The molecule has 2 amide bonds. The summed E-state index contributed by atoms with van der Waals surface area (Å²) in [5.74, 6) is 0. The first-order chi connectivity index (χ1) is 11.3. The monoisotopic (exact) mass is 330 g/mol. The van der Waals surface area contributed by atoms with Crippen LogP contribution in [0.3, 0.4) is 0 Å². The highest BCUT2D eigenvalue weighted by Gasteiger charge is 2.16. The summed E-state index contributed by atoms with van der Waals surface area (Å²) in [6.07, 6.45) is 0. The first-order valence-corrected chi connectivity index (χ1v) is 6.86. The highest BCUT2D eigenvalue weighted by molar-refractivity contribution is 6.00. The van der Waals surface area contributed by atoms with Crippen molar-refractivity contribution in [2.75, 3.05) is 10.6 Å². The third kappa shape index (κ3) is 3.64. The van der Waals surface area contributed by atoms with E-state index in [2.05, 4.69) is 10.6 Å². The molecule has 24 heavy (non-hydrogen) atoms. The number of carbonyl (C=O) groups is 1. The van der Waals surface area contributed by atoms with Crippen LogP contribution in [0.5, 0.6) is 0 Å². The number of rotatable bonds is 4. The Kier molecular flexibility index (Phi) is 4.73. The molecule has 124 valence electrons. The van der Waals surface area contributed by atoms with Gasteiger partial charge >= 0.3 is 6.03 Å². The predicted octanol–water partition coefficient (Wildman–Crippen LogP) is 3.76. The van der Waals surface area contributed by atoms with E-state index in [0.717, 1.165) is 0 Å². The lowest BCUT2D eigenvalue weighted by Crippen LogP contribution is -2.20. The lowest BCUT2D eigenvalue weighted by Gasteiger charge is -2.10. The van der Waals surface area contributed by atoms with Gasteiger partial charge in [-0.1, -0.05) is 12.1 Å². The number of nitrogens with one attached hydrogen (secondary N) is 2. The fourth-order valence-corrected chi connectivity index (χ4v) is 2.13. The van der Waals surface area contributed by atoms with Crippen molar-refractivity contribution in [2.45, 2.75) is 13.8 Å². The normalized spacial score (nSPS) is 10.1. The molecule has 9 nitrogen and oxygen atoms in total. The van der Waals surface area contributed by atoms with E-state index in [-0.39, 0.29) is 22.7 Å². The van der Waals surface area contributed by atoms with Gasteiger partial charge in [-0.05, 0) is 26.0 Å². The minimum absolute atomic E-state index is 0.112. The van der Waals surface area contributed by atoms with E-state index in [1.807, 2.05) is 0 Å². The maximum Gasteiger partial charge on any atom is 0.323 e.